The van der Waals surface area contributed by atoms with Gasteiger partial charge in [0.1, 0.15) is 12.4 Å². The summed E-state index contributed by atoms with van der Waals surface area (Å²) in [6.07, 6.45) is 0. The number of carbonyl (C=O) groups is 2. The molecular weight excluding hydrogens is 388 g/mol. The highest BCUT2D eigenvalue weighted by Crippen LogP contribution is 2.13. The van der Waals surface area contributed by atoms with Gasteiger partial charge in [-0.25, -0.2) is 4.79 Å². The van der Waals surface area contributed by atoms with E-state index in [0.29, 0.717) is 17.9 Å². The molecule has 0 radical (unpaired) electrons. The molecule has 0 bridgehead atoms. The van der Waals surface area contributed by atoms with Gasteiger partial charge in [-0.3, -0.25) is 10.1 Å². The smallest absolute Gasteiger partial charge is 0.335 e. The molecule has 0 aliphatic heterocycles. The Kier molecular flexibility index (Phi) is 6.55. The summed E-state index contributed by atoms with van der Waals surface area (Å²) in [4.78, 5) is 23.5. The van der Waals surface area contributed by atoms with Gasteiger partial charge in [-0.15, -0.1) is 0 Å². The van der Waals surface area contributed by atoms with Gasteiger partial charge in [0.25, 0.3) is 5.91 Å². The molecular formula is C22H18N2O4S. The lowest BCUT2D eigenvalue weighted by atomic mass is 10.1. The second-order valence-electron chi connectivity index (χ2n) is 6.10. The van der Waals surface area contributed by atoms with E-state index < -0.39 is 5.97 Å². The average molecular weight is 406 g/mol. The van der Waals surface area contributed by atoms with Gasteiger partial charge < -0.3 is 15.2 Å². The van der Waals surface area contributed by atoms with Crippen molar-refractivity contribution in [1.29, 1.82) is 0 Å². The van der Waals surface area contributed by atoms with E-state index in [0.717, 1.165) is 11.3 Å². The summed E-state index contributed by atoms with van der Waals surface area (Å²) < 4.78 is 5.70. The standard InChI is InChI=1S/C22H18N2O4S/c25-20(24-22(29)23-18-9-5-8-17(13-18)21(26)27)16-7-4-6-15(12-16)14-28-19-10-2-1-3-11-19/h1-13H,14H2,(H,26,27)(H2,23,24,25,29). The van der Waals surface area contributed by atoms with Crippen LogP contribution in [0.2, 0.25) is 0 Å². The molecule has 0 fully saturated rings. The Bertz CT molecular complexity index is 1040. The number of carboxylic acid groups (broad SMARTS) is 1. The third-order valence-electron chi connectivity index (χ3n) is 3.93. The molecule has 146 valence electrons. The van der Waals surface area contributed by atoms with Crippen molar-refractivity contribution in [3.63, 3.8) is 0 Å². The third kappa shape index (κ3) is 5.88. The van der Waals surface area contributed by atoms with Gasteiger partial charge in [0, 0.05) is 11.3 Å². The molecule has 0 atom stereocenters. The number of hydrogen-bond donors (Lipinski definition) is 3. The zero-order valence-corrected chi connectivity index (χ0v) is 16.1. The molecule has 3 rings (SSSR count). The minimum atomic E-state index is -1.04. The van der Waals surface area contributed by atoms with E-state index in [-0.39, 0.29) is 16.6 Å². The fourth-order valence-corrected chi connectivity index (χ4v) is 2.76. The first-order chi connectivity index (χ1) is 14.0. The van der Waals surface area contributed by atoms with Crippen molar-refractivity contribution in [2.24, 2.45) is 0 Å². The fourth-order valence-electron chi connectivity index (χ4n) is 2.55. The van der Waals surface area contributed by atoms with Crippen LogP contribution in [0.4, 0.5) is 5.69 Å². The second-order valence-corrected chi connectivity index (χ2v) is 6.50. The summed E-state index contributed by atoms with van der Waals surface area (Å²) in [5, 5.41) is 14.5. The topological polar surface area (TPSA) is 87.7 Å². The first kappa shape index (κ1) is 20.0. The number of rotatable bonds is 6. The number of carbonyl (C=O) groups excluding carboxylic acids is 1. The van der Waals surface area contributed by atoms with Crippen molar-refractivity contribution in [3.8, 4) is 5.75 Å². The van der Waals surface area contributed by atoms with Crippen molar-refractivity contribution in [1.82, 2.24) is 5.32 Å². The lowest BCUT2D eigenvalue weighted by Gasteiger charge is -2.11. The number of aromatic carboxylic acids is 1. The van der Waals surface area contributed by atoms with Gasteiger partial charge in [-0.2, -0.15) is 0 Å². The normalized spacial score (nSPS) is 10.1. The van der Waals surface area contributed by atoms with E-state index in [9.17, 15) is 9.59 Å². The van der Waals surface area contributed by atoms with Crippen LogP contribution in [-0.2, 0) is 6.61 Å². The second kappa shape index (κ2) is 9.48. The largest absolute Gasteiger partial charge is 0.489 e. The van der Waals surface area contributed by atoms with Crippen molar-refractivity contribution in [2.45, 2.75) is 6.61 Å². The van der Waals surface area contributed by atoms with Gasteiger partial charge in [0.15, 0.2) is 5.11 Å². The number of para-hydroxylation sites is 1. The maximum absolute atomic E-state index is 12.5. The van der Waals surface area contributed by atoms with E-state index in [4.69, 9.17) is 22.1 Å². The molecule has 6 nitrogen and oxygen atoms in total. The van der Waals surface area contributed by atoms with Crippen molar-refractivity contribution in [2.75, 3.05) is 5.32 Å². The average Bonchev–Trinajstić information content (AvgIpc) is 2.73. The number of amides is 1. The lowest BCUT2D eigenvalue weighted by molar-refractivity contribution is 0.0696. The quantitative estimate of drug-likeness (QED) is 0.535. The fraction of sp³-hybridized carbons (Fsp3) is 0.0455. The molecule has 3 N–H and O–H groups in total. The summed E-state index contributed by atoms with van der Waals surface area (Å²) in [7, 11) is 0. The number of hydrogen-bond acceptors (Lipinski definition) is 4. The molecule has 0 spiro atoms. The Labute approximate surface area is 173 Å². The van der Waals surface area contributed by atoms with E-state index >= 15 is 0 Å². The summed E-state index contributed by atoms with van der Waals surface area (Å²) >= 11 is 5.15. The van der Waals surface area contributed by atoms with Crippen LogP contribution in [0.15, 0.2) is 78.9 Å². The minimum absolute atomic E-state index is 0.0727. The van der Waals surface area contributed by atoms with Crippen LogP contribution in [0.5, 0.6) is 5.75 Å². The Hall–Kier alpha value is -3.71. The molecule has 3 aromatic rings. The highest BCUT2D eigenvalue weighted by atomic mass is 32.1. The molecule has 7 heteroatoms. The molecule has 29 heavy (non-hydrogen) atoms. The zero-order valence-electron chi connectivity index (χ0n) is 15.3. The van der Waals surface area contributed by atoms with Crippen LogP contribution in [0.25, 0.3) is 0 Å². The molecule has 0 saturated carbocycles. The van der Waals surface area contributed by atoms with Gasteiger partial charge in [-0.1, -0.05) is 36.4 Å². The van der Waals surface area contributed by atoms with Gasteiger partial charge in [0.05, 0.1) is 5.56 Å². The first-order valence-electron chi connectivity index (χ1n) is 8.74. The molecule has 1 amide bonds. The van der Waals surface area contributed by atoms with Crippen LogP contribution < -0.4 is 15.4 Å². The van der Waals surface area contributed by atoms with Crippen LogP contribution >= 0.6 is 12.2 Å². The number of nitrogens with one attached hydrogen (secondary N) is 2. The molecule has 0 aliphatic rings. The Balaban J connectivity index is 1.59. The van der Waals surface area contributed by atoms with Gasteiger partial charge in [0.2, 0.25) is 0 Å². The van der Waals surface area contributed by atoms with Crippen LogP contribution in [0.3, 0.4) is 0 Å². The van der Waals surface area contributed by atoms with Crippen LogP contribution in [0, 0.1) is 0 Å². The van der Waals surface area contributed by atoms with Crippen molar-refractivity contribution in [3.05, 3.63) is 95.6 Å². The number of ether oxygens (including phenoxy) is 1. The van der Waals surface area contributed by atoms with Gasteiger partial charge in [-0.05, 0) is 60.2 Å². The predicted octanol–water partition coefficient (Wildman–Crippen LogP) is 4.09. The Morgan fingerprint density at radius 2 is 1.62 bits per heavy atom. The molecule has 0 aliphatic carbocycles. The number of benzene rings is 3. The highest BCUT2D eigenvalue weighted by Gasteiger charge is 2.10. The van der Waals surface area contributed by atoms with Crippen molar-refractivity contribution >= 4 is 34.9 Å². The monoisotopic (exact) mass is 406 g/mol. The zero-order chi connectivity index (χ0) is 20.6. The molecule has 3 aromatic carbocycles. The van der Waals surface area contributed by atoms with Gasteiger partial charge >= 0.3 is 5.97 Å². The predicted molar refractivity (Wildman–Crippen MR) is 114 cm³/mol. The van der Waals surface area contributed by atoms with Crippen LogP contribution in [-0.4, -0.2) is 22.1 Å². The minimum Gasteiger partial charge on any atom is -0.489 e. The first-order valence-corrected chi connectivity index (χ1v) is 9.14. The molecule has 0 saturated heterocycles. The maximum Gasteiger partial charge on any atom is 0.335 e. The molecule has 0 aromatic heterocycles. The maximum atomic E-state index is 12.5. The number of anilines is 1. The van der Waals surface area contributed by atoms with Crippen LogP contribution in [0.1, 0.15) is 26.3 Å². The highest BCUT2D eigenvalue weighted by molar-refractivity contribution is 7.80. The molecule has 0 unspecified atom stereocenters. The summed E-state index contributed by atoms with van der Waals surface area (Å²) in [5.74, 6) is -0.673. The Morgan fingerprint density at radius 1 is 0.897 bits per heavy atom. The van der Waals surface area contributed by atoms with E-state index in [1.54, 1.807) is 30.3 Å². The molecule has 0 heterocycles. The lowest BCUT2D eigenvalue weighted by Crippen LogP contribution is -2.34. The number of thiocarbonyl (C=S) groups is 1. The number of carboxylic acids is 1. The Morgan fingerprint density at radius 3 is 2.38 bits per heavy atom. The van der Waals surface area contributed by atoms with E-state index in [1.165, 1.54) is 12.1 Å². The van der Waals surface area contributed by atoms with E-state index in [2.05, 4.69) is 10.6 Å². The summed E-state index contributed by atoms with van der Waals surface area (Å²) in [5.41, 5.74) is 1.87. The third-order valence-corrected chi connectivity index (χ3v) is 4.14. The SMILES string of the molecule is O=C(O)c1cccc(NC(=S)NC(=O)c2cccc(COc3ccccc3)c2)c1. The summed E-state index contributed by atoms with van der Waals surface area (Å²) in [6.45, 7) is 0.329. The summed E-state index contributed by atoms with van der Waals surface area (Å²) in [6, 6.07) is 22.6. The van der Waals surface area contributed by atoms with Crippen molar-refractivity contribution < 1.29 is 19.4 Å². The van der Waals surface area contributed by atoms with E-state index in [1.807, 2.05) is 36.4 Å².